The molecule has 0 aliphatic rings. The number of anilines is 1. The molecular weight excluding hydrogens is 276 g/mol. The summed E-state index contributed by atoms with van der Waals surface area (Å²) in [6, 6.07) is 15.4. The number of aryl methyl sites for hydroxylation is 2. The third kappa shape index (κ3) is 4.52. The van der Waals surface area contributed by atoms with Gasteiger partial charge in [0.15, 0.2) is 0 Å². The minimum atomic E-state index is -0.221. The topological polar surface area (TPSA) is 50.4 Å². The van der Waals surface area contributed by atoms with Crippen molar-refractivity contribution in [2.24, 2.45) is 0 Å². The Labute approximate surface area is 131 Å². The van der Waals surface area contributed by atoms with E-state index in [0.717, 1.165) is 23.4 Å². The SMILES string of the molecule is CCc1ccccc1OCCNC(=O)Nc1ccccc1C. The van der Waals surface area contributed by atoms with Crippen LogP contribution in [0.1, 0.15) is 18.1 Å². The van der Waals surface area contributed by atoms with Crippen LogP contribution in [0.3, 0.4) is 0 Å². The van der Waals surface area contributed by atoms with Crippen molar-refractivity contribution in [3.05, 3.63) is 59.7 Å². The van der Waals surface area contributed by atoms with Crippen molar-refractivity contribution in [1.29, 1.82) is 0 Å². The van der Waals surface area contributed by atoms with Crippen molar-refractivity contribution in [1.82, 2.24) is 5.32 Å². The second-order valence-electron chi connectivity index (χ2n) is 5.01. The quantitative estimate of drug-likeness (QED) is 0.798. The molecule has 2 N–H and O–H groups in total. The van der Waals surface area contributed by atoms with Crippen molar-refractivity contribution in [3.8, 4) is 5.75 Å². The van der Waals surface area contributed by atoms with Gasteiger partial charge in [0.1, 0.15) is 12.4 Å². The van der Waals surface area contributed by atoms with Crippen LogP contribution >= 0.6 is 0 Å². The molecule has 2 amide bonds. The number of benzene rings is 2. The first-order chi connectivity index (χ1) is 10.7. The summed E-state index contributed by atoms with van der Waals surface area (Å²) < 4.78 is 5.71. The second-order valence-corrected chi connectivity index (χ2v) is 5.01. The molecule has 0 atom stereocenters. The minimum Gasteiger partial charge on any atom is -0.491 e. The lowest BCUT2D eigenvalue weighted by Crippen LogP contribution is -2.32. The first-order valence-corrected chi connectivity index (χ1v) is 7.52. The second kappa shape index (κ2) is 8.08. The van der Waals surface area contributed by atoms with E-state index in [0.29, 0.717) is 13.2 Å². The highest BCUT2D eigenvalue weighted by Crippen LogP contribution is 2.17. The van der Waals surface area contributed by atoms with E-state index in [9.17, 15) is 4.79 Å². The molecule has 0 bridgehead atoms. The number of rotatable bonds is 6. The smallest absolute Gasteiger partial charge is 0.319 e. The molecule has 0 saturated carbocycles. The molecule has 4 heteroatoms. The normalized spacial score (nSPS) is 10.1. The lowest BCUT2D eigenvalue weighted by molar-refractivity contribution is 0.247. The molecule has 0 spiro atoms. The molecule has 0 radical (unpaired) electrons. The first kappa shape index (κ1) is 15.9. The molecule has 2 rings (SSSR count). The maximum absolute atomic E-state index is 11.8. The summed E-state index contributed by atoms with van der Waals surface area (Å²) in [6.07, 6.45) is 0.928. The van der Waals surface area contributed by atoms with E-state index in [1.807, 2.05) is 55.5 Å². The average Bonchev–Trinajstić information content (AvgIpc) is 2.54. The van der Waals surface area contributed by atoms with Gasteiger partial charge in [-0.05, 0) is 36.6 Å². The molecule has 0 aromatic heterocycles. The Morgan fingerprint density at radius 2 is 1.82 bits per heavy atom. The van der Waals surface area contributed by atoms with Gasteiger partial charge in [-0.3, -0.25) is 0 Å². The van der Waals surface area contributed by atoms with Crippen LogP contribution in [0.4, 0.5) is 10.5 Å². The molecule has 0 fully saturated rings. The van der Waals surface area contributed by atoms with Crippen LogP contribution in [-0.4, -0.2) is 19.2 Å². The zero-order valence-corrected chi connectivity index (χ0v) is 13.1. The number of ether oxygens (including phenoxy) is 1. The fraction of sp³-hybridized carbons (Fsp3) is 0.278. The number of urea groups is 1. The summed E-state index contributed by atoms with van der Waals surface area (Å²) in [6.45, 7) is 4.95. The summed E-state index contributed by atoms with van der Waals surface area (Å²) in [5.41, 5.74) is 3.02. The van der Waals surface area contributed by atoms with E-state index in [4.69, 9.17) is 4.74 Å². The molecule has 2 aromatic rings. The highest BCUT2D eigenvalue weighted by molar-refractivity contribution is 5.89. The number of hydrogen-bond donors (Lipinski definition) is 2. The summed E-state index contributed by atoms with van der Waals surface area (Å²) in [4.78, 5) is 11.8. The molecule has 0 aliphatic carbocycles. The van der Waals surface area contributed by atoms with E-state index in [2.05, 4.69) is 17.6 Å². The Balaban J connectivity index is 1.75. The van der Waals surface area contributed by atoms with Gasteiger partial charge in [0, 0.05) is 5.69 Å². The number of amides is 2. The largest absolute Gasteiger partial charge is 0.491 e. The van der Waals surface area contributed by atoms with Crippen molar-refractivity contribution in [2.75, 3.05) is 18.5 Å². The number of carbonyl (C=O) groups excluding carboxylic acids is 1. The summed E-state index contributed by atoms with van der Waals surface area (Å²) >= 11 is 0. The fourth-order valence-electron chi connectivity index (χ4n) is 2.14. The highest BCUT2D eigenvalue weighted by Gasteiger charge is 2.04. The van der Waals surface area contributed by atoms with Gasteiger partial charge in [0.25, 0.3) is 0 Å². The van der Waals surface area contributed by atoms with Gasteiger partial charge >= 0.3 is 6.03 Å². The highest BCUT2D eigenvalue weighted by atomic mass is 16.5. The van der Waals surface area contributed by atoms with Gasteiger partial charge in [0.05, 0.1) is 6.54 Å². The van der Waals surface area contributed by atoms with E-state index >= 15 is 0 Å². The zero-order valence-electron chi connectivity index (χ0n) is 13.1. The first-order valence-electron chi connectivity index (χ1n) is 7.52. The number of para-hydroxylation sites is 2. The van der Waals surface area contributed by atoms with Crippen molar-refractivity contribution in [3.63, 3.8) is 0 Å². The maximum Gasteiger partial charge on any atom is 0.319 e. The molecule has 2 aromatic carbocycles. The van der Waals surface area contributed by atoms with Crippen LogP contribution < -0.4 is 15.4 Å². The monoisotopic (exact) mass is 298 g/mol. The summed E-state index contributed by atoms with van der Waals surface area (Å²) in [7, 11) is 0. The lowest BCUT2D eigenvalue weighted by atomic mass is 10.1. The number of nitrogens with one attached hydrogen (secondary N) is 2. The Morgan fingerprint density at radius 3 is 2.59 bits per heavy atom. The summed E-state index contributed by atoms with van der Waals surface area (Å²) in [5, 5.41) is 5.62. The van der Waals surface area contributed by atoms with Crippen LogP contribution in [-0.2, 0) is 6.42 Å². The fourth-order valence-corrected chi connectivity index (χ4v) is 2.14. The molecule has 0 aliphatic heterocycles. The van der Waals surface area contributed by atoms with Crippen LogP contribution in [0.25, 0.3) is 0 Å². The Hall–Kier alpha value is -2.49. The molecule has 4 nitrogen and oxygen atoms in total. The molecular formula is C18H22N2O2. The van der Waals surface area contributed by atoms with Crippen molar-refractivity contribution in [2.45, 2.75) is 20.3 Å². The predicted octanol–water partition coefficient (Wildman–Crippen LogP) is 3.76. The molecule has 0 saturated heterocycles. The van der Waals surface area contributed by atoms with Gasteiger partial charge < -0.3 is 15.4 Å². The number of carbonyl (C=O) groups is 1. The zero-order chi connectivity index (χ0) is 15.8. The van der Waals surface area contributed by atoms with Gasteiger partial charge in [-0.15, -0.1) is 0 Å². The maximum atomic E-state index is 11.8. The molecule has 0 heterocycles. The van der Waals surface area contributed by atoms with Crippen LogP contribution in [0.15, 0.2) is 48.5 Å². The van der Waals surface area contributed by atoms with Gasteiger partial charge in [-0.1, -0.05) is 43.3 Å². The summed E-state index contributed by atoms with van der Waals surface area (Å²) in [5.74, 6) is 0.881. The van der Waals surface area contributed by atoms with Gasteiger partial charge in [-0.2, -0.15) is 0 Å². The minimum absolute atomic E-state index is 0.221. The Kier molecular flexibility index (Phi) is 5.83. The standard InChI is InChI=1S/C18H22N2O2/c1-3-15-9-5-7-11-17(15)22-13-12-19-18(21)20-16-10-6-4-8-14(16)2/h4-11H,3,12-13H2,1-2H3,(H2,19,20,21). The van der Waals surface area contributed by atoms with Gasteiger partial charge in [-0.25, -0.2) is 4.79 Å². The third-order valence-corrected chi connectivity index (χ3v) is 3.39. The molecule has 0 unspecified atom stereocenters. The Morgan fingerprint density at radius 1 is 1.09 bits per heavy atom. The van der Waals surface area contributed by atoms with E-state index < -0.39 is 0 Å². The molecule has 22 heavy (non-hydrogen) atoms. The van der Waals surface area contributed by atoms with Crippen molar-refractivity contribution >= 4 is 11.7 Å². The average molecular weight is 298 g/mol. The number of hydrogen-bond acceptors (Lipinski definition) is 2. The van der Waals surface area contributed by atoms with E-state index in [1.54, 1.807) is 0 Å². The van der Waals surface area contributed by atoms with Crippen molar-refractivity contribution < 1.29 is 9.53 Å². The van der Waals surface area contributed by atoms with Gasteiger partial charge in [0.2, 0.25) is 0 Å². The third-order valence-electron chi connectivity index (χ3n) is 3.39. The van der Waals surface area contributed by atoms with Crippen LogP contribution in [0, 0.1) is 6.92 Å². The van der Waals surface area contributed by atoms with E-state index in [1.165, 1.54) is 5.56 Å². The van der Waals surface area contributed by atoms with Crippen LogP contribution in [0.5, 0.6) is 5.75 Å². The lowest BCUT2D eigenvalue weighted by Gasteiger charge is -2.12. The van der Waals surface area contributed by atoms with Crippen LogP contribution in [0.2, 0.25) is 0 Å². The van der Waals surface area contributed by atoms with E-state index in [-0.39, 0.29) is 6.03 Å². The Bertz CT molecular complexity index is 626. The molecule has 116 valence electrons. The predicted molar refractivity (Wildman–Crippen MR) is 89.5 cm³/mol.